The van der Waals surface area contributed by atoms with Crippen molar-refractivity contribution in [3.63, 3.8) is 0 Å². The first kappa shape index (κ1) is 12.7. The molecule has 96 valence electrons. The topological polar surface area (TPSA) is 67.9 Å². The summed E-state index contributed by atoms with van der Waals surface area (Å²) < 4.78 is 28.8. The van der Waals surface area contributed by atoms with Crippen molar-refractivity contribution < 1.29 is 13.5 Å². The fraction of sp³-hybridized carbons (Fsp3) is 0.300. The van der Waals surface area contributed by atoms with E-state index in [9.17, 15) is 13.6 Å². The minimum absolute atomic E-state index is 0.0145. The van der Waals surface area contributed by atoms with E-state index < -0.39 is 18.6 Å². The molecule has 8 heteroatoms. The van der Waals surface area contributed by atoms with Crippen LogP contribution >= 0.6 is 11.6 Å². The lowest BCUT2D eigenvalue weighted by Gasteiger charge is -2.07. The number of aryl methyl sites for hydroxylation is 1. The molecule has 5 nitrogen and oxygen atoms in total. The van der Waals surface area contributed by atoms with Gasteiger partial charge in [0.1, 0.15) is 10.8 Å². The molecule has 2 aromatic rings. The molecule has 1 N–H and O–H groups in total. The maximum Gasteiger partial charge on any atom is 0.272 e. The summed E-state index contributed by atoms with van der Waals surface area (Å²) in [4.78, 5) is 21.9. The summed E-state index contributed by atoms with van der Waals surface area (Å²) >= 11 is 5.79. The third-order valence-corrected chi connectivity index (χ3v) is 2.35. The predicted octanol–water partition coefficient (Wildman–Crippen LogP) is 1.92. The first-order chi connectivity index (χ1) is 8.47. The fourth-order valence-electron chi connectivity index (χ4n) is 1.38. The monoisotopic (exact) mass is 275 g/mol. The number of fused-ring (bicyclic) bond motifs is 1. The number of nitrogens with zero attached hydrogens (tertiary/aromatic N) is 2. The largest absolute Gasteiger partial charge is 0.470 e. The zero-order valence-electron chi connectivity index (χ0n) is 9.21. The lowest BCUT2D eigenvalue weighted by atomic mass is 10.3. The summed E-state index contributed by atoms with van der Waals surface area (Å²) in [5.41, 5.74) is -0.294. The number of hydrogen-bond donors (Lipinski definition) is 1. The molecule has 0 aliphatic carbocycles. The Morgan fingerprint density at radius 3 is 2.89 bits per heavy atom. The number of halogens is 3. The summed E-state index contributed by atoms with van der Waals surface area (Å²) in [6.45, 7) is 0.761. The molecule has 18 heavy (non-hydrogen) atoms. The van der Waals surface area contributed by atoms with E-state index in [1.54, 1.807) is 6.92 Å². The number of aromatic amines is 1. The SMILES string of the molecule is Cc1nc2nc(OCC(F)F)c(Cl)cc2c(=O)[nH]1. The van der Waals surface area contributed by atoms with E-state index in [2.05, 4.69) is 15.0 Å². The van der Waals surface area contributed by atoms with Gasteiger partial charge in [0.15, 0.2) is 12.3 Å². The number of alkyl halides is 2. The number of aromatic nitrogens is 3. The molecule has 2 rings (SSSR count). The highest BCUT2D eigenvalue weighted by molar-refractivity contribution is 6.32. The van der Waals surface area contributed by atoms with Crippen LogP contribution in [0.3, 0.4) is 0 Å². The highest BCUT2D eigenvalue weighted by atomic mass is 35.5. The average Bonchev–Trinajstić information content (AvgIpc) is 2.27. The van der Waals surface area contributed by atoms with Crippen LogP contribution in [-0.4, -0.2) is 28.0 Å². The van der Waals surface area contributed by atoms with Gasteiger partial charge in [0.05, 0.1) is 5.39 Å². The van der Waals surface area contributed by atoms with Crippen LogP contribution in [0.1, 0.15) is 5.82 Å². The maximum absolute atomic E-state index is 12.0. The lowest BCUT2D eigenvalue weighted by Crippen LogP contribution is -2.12. The first-order valence-corrected chi connectivity index (χ1v) is 5.33. The normalized spacial score (nSPS) is 11.2. The molecule has 0 atom stereocenters. The number of pyridine rings is 1. The molecule has 0 saturated carbocycles. The molecule has 0 aromatic carbocycles. The molecule has 2 heterocycles. The van der Waals surface area contributed by atoms with Gasteiger partial charge in [-0.1, -0.05) is 11.6 Å². The number of H-pyrrole nitrogens is 1. The Balaban J connectivity index is 2.50. The van der Waals surface area contributed by atoms with Gasteiger partial charge in [-0.15, -0.1) is 0 Å². The van der Waals surface area contributed by atoms with Crippen LogP contribution in [0.5, 0.6) is 5.88 Å². The smallest absolute Gasteiger partial charge is 0.272 e. The number of hydrogen-bond acceptors (Lipinski definition) is 4. The van der Waals surface area contributed by atoms with Crippen LogP contribution in [0.4, 0.5) is 8.78 Å². The van der Waals surface area contributed by atoms with Crippen molar-refractivity contribution in [1.29, 1.82) is 0 Å². The third kappa shape index (κ3) is 2.56. The van der Waals surface area contributed by atoms with Crippen molar-refractivity contribution in [1.82, 2.24) is 15.0 Å². The third-order valence-electron chi connectivity index (χ3n) is 2.08. The second kappa shape index (κ2) is 4.85. The predicted molar refractivity (Wildman–Crippen MR) is 61.4 cm³/mol. The summed E-state index contributed by atoms with van der Waals surface area (Å²) in [6, 6.07) is 1.29. The van der Waals surface area contributed by atoms with Crippen molar-refractivity contribution >= 4 is 22.6 Å². The molecule has 0 radical (unpaired) electrons. The Labute approximate surface area is 105 Å². The number of nitrogens with one attached hydrogen (secondary N) is 1. The Kier molecular flexibility index (Phi) is 3.42. The zero-order valence-corrected chi connectivity index (χ0v) is 9.96. The highest BCUT2D eigenvalue weighted by Crippen LogP contribution is 2.24. The van der Waals surface area contributed by atoms with Crippen molar-refractivity contribution in [2.24, 2.45) is 0 Å². The van der Waals surface area contributed by atoms with Gasteiger partial charge in [-0.05, 0) is 13.0 Å². The minimum atomic E-state index is -2.63. The van der Waals surface area contributed by atoms with Crippen LogP contribution in [0.2, 0.25) is 5.02 Å². The van der Waals surface area contributed by atoms with Gasteiger partial charge < -0.3 is 9.72 Å². The fourth-order valence-corrected chi connectivity index (χ4v) is 1.58. The van der Waals surface area contributed by atoms with Crippen LogP contribution in [0.15, 0.2) is 10.9 Å². The molecule has 0 saturated heterocycles. The van der Waals surface area contributed by atoms with Gasteiger partial charge in [-0.25, -0.2) is 13.8 Å². The summed E-state index contributed by atoms with van der Waals surface area (Å²) in [5, 5.41) is 0.161. The standard InChI is InChI=1S/C10H8ClF2N3O2/c1-4-14-8-5(9(17)15-4)2-6(11)10(16-8)18-3-7(12)13/h2,7H,3H2,1H3,(H,14,15,16,17). The molecule has 0 spiro atoms. The first-order valence-electron chi connectivity index (χ1n) is 4.95. The molecule has 0 amide bonds. The minimum Gasteiger partial charge on any atom is -0.470 e. The van der Waals surface area contributed by atoms with Crippen molar-refractivity contribution in [2.45, 2.75) is 13.3 Å². The maximum atomic E-state index is 12.0. The van der Waals surface area contributed by atoms with Crippen molar-refractivity contribution in [3.8, 4) is 5.88 Å². The van der Waals surface area contributed by atoms with E-state index in [-0.39, 0.29) is 21.9 Å². The molecule has 2 aromatic heterocycles. The van der Waals surface area contributed by atoms with Gasteiger partial charge >= 0.3 is 0 Å². The lowest BCUT2D eigenvalue weighted by molar-refractivity contribution is 0.0798. The molecule has 0 fully saturated rings. The second-order valence-electron chi connectivity index (χ2n) is 3.50. The van der Waals surface area contributed by atoms with Gasteiger partial charge in [-0.3, -0.25) is 4.79 Å². The summed E-state index contributed by atoms with van der Waals surface area (Å²) in [7, 11) is 0. The Morgan fingerprint density at radius 2 is 2.22 bits per heavy atom. The van der Waals surface area contributed by atoms with Crippen LogP contribution in [0.25, 0.3) is 11.0 Å². The second-order valence-corrected chi connectivity index (χ2v) is 3.91. The summed E-state index contributed by atoms with van der Waals surface area (Å²) in [6.07, 6.45) is -2.63. The highest BCUT2D eigenvalue weighted by Gasteiger charge is 2.12. The number of rotatable bonds is 3. The van der Waals surface area contributed by atoms with E-state index >= 15 is 0 Å². The average molecular weight is 276 g/mol. The van der Waals surface area contributed by atoms with Gasteiger partial charge in [-0.2, -0.15) is 4.98 Å². The molecule has 0 aliphatic heterocycles. The quantitative estimate of drug-likeness (QED) is 0.929. The Morgan fingerprint density at radius 1 is 1.50 bits per heavy atom. The van der Waals surface area contributed by atoms with Crippen molar-refractivity contribution in [3.05, 3.63) is 27.3 Å². The van der Waals surface area contributed by atoms with Gasteiger partial charge in [0, 0.05) is 0 Å². The van der Waals surface area contributed by atoms with E-state index in [4.69, 9.17) is 16.3 Å². The summed E-state index contributed by atoms with van der Waals surface area (Å²) in [5.74, 6) is 0.198. The Bertz CT molecular complexity index is 645. The zero-order chi connectivity index (χ0) is 13.3. The van der Waals surface area contributed by atoms with E-state index in [0.717, 1.165) is 0 Å². The van der Waals surface area contributed by atoms with Gasteiger partial charge in [0.2, 0.25) is 5.88 Å². The van der Waals surface area contributed by atoms with E-state index in [1.807, 2.05) is 0 Å². The molecule has 0 unspecified atom stereocenters. The number of ether oxygens (including phenoxy) is 1. The van der Waals surface area contributed by atoms with Crippen LogP contribution < -0.4 is 10.3 Å². The Hall–Kier alpha value is -1.76. The van der Waals surface area contributed by atoms with Crippen molar-refractivity contribution in [2.75, 3.05) is 6.61 Å². The van der Waals surface area contributed by atoms with Gasteiger partial charge in [0.25, 0.3) is 12.0 Å². The molecule has 0 aliphatic rings. The van der Waals surface area contributed by atoms with E-state index in [1.165, 1.54) is 6.07 Å². The molecule has 0 bridgehead atoms. The van der Waals surface area contributed by atoms with Crippen LogP contribution in [0, 0.1) is 6.92 Å². The molecular weight excluding hydrogens is 268 g/mol. The van der Waals surface area contributed by atoms with Crippen LogP contribution in [-0.2, 0) is 0 Å². The van der Waals surface area contributed by atoms with E-state index in [0.29, 0.717) is 5.82 Å². The molecular formula is C10H8ClF2N3O2.